The molecule has 1 aliphatic carbocycles. The fraction of sp³-hybridized carbons (Fsp3) is 0.318. The van der Waals surface area contributed by atoms with Crippen LogP contribution < -0.4 is 10.1 Å². The molecule has 1 aliphatic rings. The molecule has 0 spiro atoms. The smallest absolute Gasteiger partial charge is 0.339 e. The number of rotatable bonds is 7. The summed E-state index contributed by atoms with van der Waals surface area (Å²) < 4.78 is 10.6. The third-order valence-electron chi connectivity index (χ3n) is 4.57. The highest BCUT2D eigenvalue weighted by Gasteiger charge is 2.27. The van der Waals surface area contributed by atoms with Crippen molar-refractivity contribution < 1.29 is 23.9 Å². The van der Waals surface area contributed by atoms with Gasteiger partial charge < -0.3 is 14.8 Å². The molecule has 0 aliphatic heterocycles. The monoisotopic (exact) mass is 413 g/mol. The molecule has 1 atom stereocenters. The first kappa shape index (κ1) is 20.9. The molecule has 0 heterocycles. The van der Waals surface area contributed by atoms with Crippen molar-refractivity contribution in [2.75, 3.05) is 18.2 Å². The van der Waals surface area contributed by atoms with Crippen LogP contribution in [-0.4, -0.2) is 36.6 Å². The van der Waals surface area contributed by atoms with Gasteiger partial charge in [0.1, 0.15) is 5.75 Å². The standard InChI is InChI=1S/C22H23NO5S/c1-27-16-8-6-7-15(13-16)23-21(25)14-29-20-12-5-2-9-17(20)22(26)28-19-11-4-3-10-18(19)24/h2,5-9,12-13,19H,3-4,10-11,14H2,1H3,(H,23,25)/t19-/m1/s1. The number of ether oxygens (including phenoxy) is 2. The highest BCUT2D eigenvalue weighted by molar-refractivity contribution is 8.00. The summed E-state index contributed by atoms with van der Waals surface area (Å²) in [4.78, 5) is 37.5. The molecule has 2 aromatic rings. The van der Waals surface area contributed by atoms with Crippen molar-refractivity contribution in [3.8, 4) is 5.75 Å². The number of thioether (sulfide) groups is 1. The van der Waals surface area contributed by atoms with Crippen LogP contribution in [0.1, 0.15) is 36.0 Å². The number of carbonyl (C=O) groups excluding carboxylic acids is 3. The summed E-state index contributed by atoms with van der Waals surface area (Å²) in [5.41, 5.74) is 1.00. The third-order valence-corrected chi connectivity index (χ3v) is 5.64. The first-order chi connectivity index (χ1) is 14.1. The summed E-state index contributed by atoms with van der Waals surface area (Å²) in [5, 5.41) is 2.81. The zero-order valence-electron chi connectivity index (χ0n) is 16.2. The minimum atomic E-state index is -0.661. The maximum Gasteiger partial charge on any atom is 0.339 e. The summed E-state index contributed by atoms with van der Waals surface area (Å²) in [6, 6.07) is 14.0. The Hall–Kier alpha value is -2.80. The van der Waals surface area contributed by atoms with E-state index >= 15 is 0 Å². The highest BCUT2D eigenvalue weighted by atomic mass is 32.2. The zero-order chi connectivity index (χ0) is 20.6. The van der Waals surface area contributed by atoms with Crippen molar-refractivity contribution in [1.29, 1.82) is 0 Å². The Bertz CT molecular complexity index is 898. The molecular formula is C22H23NO5S. The maximum absolute atomic E-state index is 12.6. The third kappa shape index (κ3) is 5.84. The molecule has 0 bridgehead atoms. The van der Waals surface area contributed by atoms with Gasteiger partial charge in [-0.1, -0.05) is 18.2 Å². The van der Waals surface area contributed by atoms with Crippen molar-refractivity contribution in [3.05, 3.63) is 54.1 Å². The molecule has 0 radical (unpaired) electrons. The SMILES string of the molecule is COc1cccc(NC(=O)CSc2ccccc2C(=O)O[C@@H]2CCCCC2=O)c1. The summed E-state index contributed by atoms with van der Waals surface area (Å²) >= 11 is 1.25. The molecule has 152 valence electrons. The van der Waals surface area contributed by atoms with Gasteiger partial charge in [0.25, 0.3) is 0 Å². The summed E-state index contributed by atoms with van der Waals surface area (Å²) in [7, 11) is 1.56. The molecular weight excluding hydrogens is 390 g/mol. The normalized spacial score (nSPS) is 16.2. The van der Waals surface area contributed by atoms with Crippen LogP contribution in [0.25, 0.3) is 0 Å². The molecule has 0 unspecified atom stereocenters. The minimum absolute atomic E-state index is 0.0209. The van der Waals surface area contributed by atoms with E-state index in [0.717, 1.165) is 12.8 Å². The lowest BCUT2D eigenvalue weighted by Crippen LogP contribution is -2.30. The molecule has 2 aromatic carbocycles. The lowest BCUT2D eigenvalue weighted by atomic mass is 9.96. The molecule has 7 heteroatoms. The van der Waals surface area contributed by atoms with Crippen LogP contribution in [0.3, 0.4) is 0 Å². The van der Waals surface area contributed by atoms with Crippen molar-refractivity contribution in [2.45, 2.75) is 36.7 Å². The number of carbonyl (C=O) groups is 3. The maximum atomic E-state index is 12.6. The van der Waals surface area contributed by atoms with Gasteiger partial charge >= 0.3 is 5.97 Å². The van der Waals surface area contributed by atoms with Gasteiger partial charge in [-0.2, -0.15) is 0 Å². The van der Waals surface area contributed by atoms with E-state index in [1.54, 1.807) is 55.6 Å². The number of esters is 1. The quantitative estimate of drug-likeness (QED) is 0.544. The lowest BCUT2D eigenvalue weighted by Gasteiger charge is -2.21. The molecule has 6 nitrogen and oxygen atoms in total. The van der Waals surface area contributed by atoms with Crippen LogP contribution in [0.2, 0.25) is 0 Å². The fourth-order valence-electron chi connectivity index (χ4n) is 3.07. The van der Waals surface area contributed by atoms with E-state index in [1.807, 2.05) is 0 Å². The predicted molar refractivity (Wildman–Crippen MR) is 111 cm³/mol. The molecule has 0 aromatic heterocycles. The Balaban J connectivity index is 1.60. The van der Waals surface area contributed by atoms with E-state index in [0.29, 0.717) is 34.7 Å². The molecule has 0 saturated heterocycles. The van der Waals surface area contributed by atoms with Gasteiger partial charge in [0.2, 0.25) is 5.91 Å². The van der Waals surface area contributed by atoms with Gasteiger partial charge in [0.05, 0.1) is 18.4 Å². The molecule has 1 fully saturated rings. The number of hydrogen-bond acceptors (Lipinski definition) is 6. The first-order valence-corrected chi connectivity index (χ1v) is 10.4. The Morgan fingerprint density at radius 1 is 1.14 bits per heavy atom. The Morgan fingerprint density at radius 3 is 2.76 bits per heavy atom. The molecule has 1 saturated carbocycles. The van der Waals surface area contributed by atoms with E-state index in [-0.39, 0.29) is 17.4 Å². The number of anilines is 1. The van der Waals surface area contributed by atoms with Crippen LogP contribution in [0.15, 0.2) is 53.4 Å². The van der Waals surface area contributed by atoms with Crippen LogP contribution in [0.4, 0.5) is 5.69 Å². The molecule has 29 heavy (non-hydrogen) atoms. The number of Topliss-reactive ketones (excluding diaryl/α,β-unsaturated/α-hetero) is 1. The number of ketones is 1. The Morgan fingerprint density at radius 2 is 1.97 bits per heavy atom. The first-order valence-electron chi connectivity index (χ1n) is 9.46. The number of benzene rings is 2. The van der Waals surface area contributed by atoms with Crippen molar-refractivity contribution in [1.82, 2.24) is 0 Å². The van der Waals surface area contributed by atoms with Crippen molar-refractivity contribution >= 4 is 35.1 Å². The average molecular weight is 413 g/mol. The molecule has 3 rings (SSSR count). The van der Waals surface area contributed by atoms with Gasteiger partial charge in [-0.3, -0.25) is 9.59 Å². The Kier molecular flexibility index (Phi) is 7.30. The van der Waals surface area contributed by atoms with E-state index in [4.69, 9.17) is 9.47 Å². The van der Waals surface area contributed by atoms with Gasteiger partial charge in [0.15, 0.2) is 11.9 Å². The summed E-state index contributed by atoms with van der Waals surface area (Å²) in [6.07, 6.45) is 2.10. The largest absolute Gasteiger partial charge is 0.497 e. The van der Waals surface area contributed by atoms with Gasteiger partial charge in [-0.05, 0) is 43.5 Å². The number of nitrogens with one attached hydrogen (secondary N) is 1. The highest BCUT2D eigenvalue weighted by Crippen LogP contribution is 2.26. The average Bonchev–Trinajstić information content (AvgIpc) is 2.74. The topological polar surface area (TPSA) is 81.7 Å². The number of amides is 1. The predicted octanol–water partition coefficient (Wildman–Crippen LogP) is 4.09. The fourth-order valence-corrected chi connectivity index (χ4v) is 3.91. The van der Waals surface area contributed by atoms with Crippen LogP contribution >= 0.6 is 11.8 Å². The van der Waals surface area contributed by atoms with Crippen molar-refractivity contribution in [3.63, 3.8) is 0 Å². The second-order valence-corrected chi connectivity index (χ2v) is 7.69. The lowest BCUT2D eigenvalue weighted by molar-refractivity contribution is -0.130. The van der Waals surface area contributed by atoms with Crippen LogP contribution in [0, 0.1) is 0 Å². The van der Waals surface area contributed by atoms with E-state index in [1.165, 1.54) is 11.8 Å². The van der Waals surface area contributed by atoms with Gasteiger partial charge in [0, 0.05) is 23.1 Å². The zero-order valence-corrected chi connectivity index (χ0v) is 17.0. The van der Waals surface area contributed by atoms with E-state index in [9.17, 15) is 14.4 Å². The van der Waals surface area contributed by atoms with Gasteiger partial charge in [-0.15, -0.1) is 11.8 Å². The summed E-state index contributed by atoms with van der Waals surface area (Å²) in [6.45, 7) is 0. The second-order valence-electron chi connectivity index (χ2n) is 6.67. The number of methoxy groups -OCH3 is 1. The molecule has 1 N–H and O–H groups in total. The van der Waals surface area contributed by atoms with Crippen molar-refractivity contribution in [2.24, 2.45) is 0 Å². The van der Waals surface area contributed by atoms with E-state index in [2.05, 4.69) is 5.32 Å². The minimum Gasteiger partial charge on any atom is -0.497 e. The summed E-state index contributed by atoms with van der Waals surface area (Å²) in [5.74, 6) is 0.0350. The second kappa shape index (κ2) is 10.1. The molecule has 1 amide bonds. The van der Waals surface area contributed by atoms with E-state index < -0.39 is 12.1 Å². The number of hydrogen-bond donors (Lipinski definition) is 1. The van der Waals surface area contributed by atoms with Crippen LogP contribution in [0.5, 0.6) is 5.75 Å². The van der Waals surface area contributed by atoms with Crippen LogP contribution in [-0.2, 0) is 14.3 Å². The van der Waals surface area contributed by atoms with Gasteiger partial charge in [-0.25, -0.2) is 4.79 Å². The Labute approximate surface area is 174 Å².